The fraction of sp³-hybridized carbons (Fsp3) is 0.273. The van der Waals surface area contributed by atoms with Gasteiger partial charge in [0, 0.05) is 12.6 Å². The molecular formula is C11H11NO2. The van der Waals surface area contributed by atoms with E-state index in [1.165, 1.54) is 0 Å². The molecular weight excluding hydrogens is 178 g/mol. The summed E-state index contributed by atoms with van der Waals surface area (Å²) < 4.78 is 0. The van der Waals surface area contributed by atoms with E-state index in [2.05, 4.69) is 4.99 Å². The molecule has 3 nitrogen and oxygen atoms in total. The van der Waals surface area contributed by atoms with Gasteiger partial charge in [-0.3, -0.25) is 9.79 Å². The van der Waals surface area contributed by atoms with Crippen molar-refractivity contribution in [3.8, 4) is 0 Å². The summed E-state index contributed by atoms with van der Waals surface area (Å²) in [4.78, 5) is 14.7. The second-order valence-corrected chi connectivity index (χ2v) is 3.36. The molecule has 0 saturated heterocycles. The zero-order valence-electron chi connectivity index (χ0n) is 7.68. The Morgan fingerprint density at radius 3 is 3.00 bits per heavy atom. The van der Waals surface area contributed by atoms with Gasteiger partial charge in [-0.25, -0.2) is 0 Å². The van der Waals surface area contributed by atoms with Crippen molar-refractivity contribution in [3.05, 3.63) is 35.4 Å². The van der Waals surface area contributed by atoms with Crippen molar-refractivity contribution < 1.29 is 9.90 Å². The summed E-state index contributed by atoms with van der Waals surface area (Å²) in [6, 6.07) is 7.97. The predicted octanol–water partition coefficient (Wildman–Crippen LogP) is 2.03. The van der Waals surface area contributed by atoms with E-state index in [4.69, 9.17) is 5.11 Å². The van der Waals surface area contributed by atoms with Crippen molar-refractivity contribution >= 4 is 12.2 Å². The number of hydrogen-bond acceptors (Lipinski definition) is 2. The molecule has 0 unspecified atom stereocenters. The lowest BCUT2D eigenvalue weighted by Gasteiger charge is -2.07. The summed E-state index contributed by atoms with van der Waals surface area (Å²) in [5.74, 6) is -0.760. The van der Waals surface area contributed by atoms with Crippen LogP contribution >= 0.6 is 0 Å². The lowest BCUT2D eigenvalue weighted by molar-refractivity contribution is -0.137. The van der Waals surface area contributed by atoms with Gasteiger partial charge in [-0.05, 0) is 17.5 Å². The highest BCUT2D eigenvalue weighted by molar-refractivity contribution is 5.85. The van der Waals surface area contributed by atoms with Crippen molar-refractivity contribution in [3.63, 3.8) is 0 Å². The average molecular weight is 189 g/mol. The van der Waals surface area contributed by atoms with Gasteiger partial charge in [0.15, 0.2) is 0 Å². The fourth-order valence-corrected chi connectivity index (χ4v) is 1.67. The smallest absolute Gasteiger partial charge is 0.303 e. The molecule has 1 atom stereocenters. The maximum absolute atomic E-state index is 10.4. The quantitative estimate of drug-likeness (QED) is 0.790. The molecule has 3 heteroatoms. The fourth-order valence-electron chi connectivity index (χ4n) is 1.67. The van der Waals surface area contributed by atoms with E-state index >= 15 is 0 Å². The Bertz CT molecular complexity index is 385. The van der Waals surface area contributed by atoms with Gasteiger partial charge in [0.25, 0.3) is 0 Å². The second kappa shape index (κ2) is 3.62. The number of benzene rings is 1. The molecule has 1 aliphatic heterocycles. The minimum Gasteiger partial charge on any atom is -0.481 e. The van der Waals surface area contributed by atoms with Crippen LogP contribution in [0.4, 0.5) is 0 Å². The summed E-state index contributed by atoms with van der Waals surface area (Å²) >= 11 is 0. The molecule has 0 bridgehead atoms. The minimum atomic E-state index is -0.760. The number of aliphatic carboxylic acids is 1. The number of carboxylic acid groups (broad SMARTS) is 1. The Morgan fingerprint density at radius 2 is 2.21 bits per heavy atom. The highest BCUT2D eigenvalue weighted by atomic mass is 16.4. The van der Waals surface area contributed by atoms with E-state index in [9.17, 15) is 4.79 Å². The van der Waals surface area contributed by atoms with Gasteiger partial charge in [-0.15, -0.1) is 0 Å². The van der Waals surface area contributed by atoms with E-state index in [0.29, 0.717) is 6.42 Å². The third-order valence-electron chi connectivity index (χ3n) is 2.38. The zero-order chi connectivity index (χ0) is 9.97. The molecule has 72 valence electrons. The SMILES string of the molecule is O=C(O)CC[C@@H]1N=Cc2ccccc21. The van der Waals surface area contributed by atoms with Crippen LogP contribution in [0.25, 0.3) is 0 Å². The number of fused-ring (bicyclic) bond motifs is 1. The van der Waals surface area contributed by atoms with E-state index in [-0.39, 0.29) is 12.5 Å². The van der Waals surface area contributed by atoms with Crippen LogP contribution in [0.2, 0.25) is 0 Å². The van der Waals surface area contributed by atoms with E-state index in [1.54, 1.807) is 0 Å². The number of carboxylic acids is 1. The van der Waals surface area contributed by atoms with Crippen LogP contribution in [-0.2, 0) is 4.79 Å². The Morgan fingerprint density at radius 1 is 1.43 bits per heavy atom. The Kier molecular flexibility index (Phi) is 2.31. The van der Waals surface area contributed by atoms with Crippen molar-refractivity contribution in [2.75, 3.05) is 0 Å². The van der Waals surface area contributed by atoms with Crippen molar-refractivity contribution in [2.24, 2.45) is 4.99 Å². The van der Waals surface area contributed by atoms with Gasteiger partial charge in [0.1, 0.15) is 0 Å². The van der Waals surface area contributed by atoms with Gasteiger partial charge >= 0.3 is 5.97 Å². The summed E-state index contributed by atoms with van der Waals surface area (Å²) in [7, 11) is 0. The highest BCUT2D eigenvalue weighted by Gasteiger charge is 2.18. The molecule has 1 aromatic rings. The summed E-state index contributed by atoms with van der Waals surface area (Å²) in [6.45, 7) is 0. The summed E-state index contributed by atoms with van der Waals surface area (Å²) in [6.07, 6.45) is 2.58. The third kappa shape index (κ3) is 1.66. The number of rotatable bonds is 3. The third-order valence-corrected chi connectivity index (χ3v) is 2.38. The van der Waals surface area contributed by atoms with Crippen LogP contribution in [0.5, 0.6) is 0 Å². The van der Waals surface area contributed by atoms with Gasteiger partial charge in [0.05, 0.1) is 6.04 Å². The number of aliphatic imine (C=N–C) groups is 1. The largest absolute Gasteiger partial charge is 0.481 e. The first-order valence-corrected chi connectivity index (χ1v) is 4.61. The van der Waals surface area contributed by atoms with Crippen LogP contribution in [0, 0.1) is 0 Å². The second-order valence-electron chi connectivity index (χ2n) is 3.36. The molecule has 0 aliphatic carbocycles. The molecule has 1 aromatic carbocycles. The summed E-state index contributed by atoms with van der Waals surface area (Å²) in [5.41, 5.74) is 2.26. The van der Waals surface area contributed by atoms with Gasteiger partial charge in [0.2, 0.25) is 0 Å². The molecule has 1 N–H and O–H groups in total. The minimum absolute atomic E-state index is 0.0438. The first kappa shape index (κ1) is 8.94. The number of hydrogen-bond donors (Lipinski definition) is 1. The predicted molar refractivity (Wildman–Crippen MR) is 53.6 cm³/mol. The summed E-state index contributed by atoms with van der Waals surface area (Å²) in [5, 5.41) is 8.57. The molecule has 0 spiro atoms. The van der Waals surface area contributed by atoms with Crippen molar-refractivity contribution in [1.82, 2.24) is 0 Å². The van der Waals surface area contributed by atoms with Gasteiger partial charge in [-0.2, -0.15) is 0 Å². The van der Waals surface area contributed by atoms with Gasteiger partial charge in [-0.1, -0.05) is 24.3 Å². The normalized spacial score (nSPS) is 18.1. The van der Waals surface area contributed by atoms with Crippen LogP contribution < -0.4 is 0 Å². The monoisotopic (exact) mass is 189 g/mol. The van der Waals surface area contributed by atoms with E-state index < -0.39 is 5.97 Å². The topological polar surface area (TPSA) is 49.7 Å². The standard InChI is InChI=1S/C11H11NO2/c13-11(14)6-5-10-9-4-2-1-3-8(9)7-12-10/h1-4,7,10H,5-6H2,(H,13,14)/t10-/m0/s1. The number of carbonyl (C=O) groups is 1. The Hall–Kier alpha value is -1.64. The molecule has 1 heterocycles. The van der Waals surface area contributed by atoms with Crippen LogP contribution in [0.15, 0.2) is 29.3 Å². The molecule has 14 heavy (non-hydrogen) atoms. The lowest BCUT2D eigenvalue weighted by atomic mass is 10.0. The highest BCUT2D eigenvalue weighted by Crippen LogP contribution is 2.29. The van der Waals surface area contributed by atoms with E-state index in [0.717, 1.165) is 11.1 Å². The average Bonchev–Trinajstić information content (AvgIpc) is 2.58. The Labute approximate surface area is 82.1 Å². The maximum atomic E-state index is 10.4. The molecule has 1 aliphatic rings. The number of nitrogens with zero attached hydrogens (tertiary/aromatic N) is 1. The molecule has 0 saturated carbocycles. The maximum Gasteiger partial charge on any atom is 0.303 e. The zero-order valence-corrected chi connectivity index (χ0v) is 7.68. The molecule has 0 aromatic heterocycles. The van der Waals surface area contributed by atoms with Crippen LogP contribution in [0.3, 0.4) is 0 Å². The molecule has 0 radical (unpaired) electrons. The van der Waals surface area contributed by atoms with Gasteiger partial charge < -0.3 is 5.11 Å². The van der Waals surface area contributed by atoms with E-state index in [1.807, 2.05) is 30.5 Å². The first-order valence-electron chi connectivity index (χ1n) is 4.61. The molecule has 0 fully saturated rings. The first-order chi connectivity index (χ1) is 6.77. The van der Waals surface area contributed by atoms with Crippen molar-refractivity contribution in [2.45, 2.75) is 18.9 Å². The molecule has 2 rings (SSSR count). The Balaban J connectivity index is 2.11. The van der Waals surface area contributed by atoms with Crippen LogP contribution in [-0.4, -0.2) is 17.3 Å². The van der Waals surface area contributed by atoms with Crippen LogP contribution in [0.1, 0.15) is 30.0 Å². The van der Waals surface area contributed by atoms with Crippen molar-refractivity contribution in [1.29, 1.82) is 0 Å². The lowest BCUT2D eigenvalue weighted by Crippen LogP contribution is -1.99. The molecule has 0 amide bonds.